The van der Waals surface area contributed by atoms with Crippen LogP contribution >= 0.6 is 11.3 Å². The first kappa shape index (κ1) is 27.1. The summed E-state index contributed by atoms with van der Waals surface area (Å²) < 4.78 is 0. The molecule has 0 aliphatic heterocycles. The monoisotopic (exact) mass is 481 g/mol. The molecule has 3 aromatic rings. The molecule has 0 unspecified atom stereocenters. The van der Waals surface area contributed by atoms with Crippen molar-refractivity contribution in [3.05, 3.63) is 71.2 Å². The van der Waals surface area contributed by atoms with Gasteiger partial charge in [0.15, 0.2) is 5.13 Å². The van der Waals surface area contributed by atoms with Crippen molar-refractivity contribution < 1.29 is 9.90 Å². The number of thiazole rings is 1. The van der Waals surface area contributed by atoms with Crippen molar-refractivity contribution in [3.8, 4) is 0 Å². The van der Waals surface area contributed by atoms with Gasteiger partial charge in [-0.25, -0.2) is 4.98 Å². The molecule has 1 heterocycles. The zero-order valence-corrected chi connectivity index (χ0v) is 21.0. The van der Waals surface area contributed by atoms with Crippen LogP contribution in [0.4, 0.5) is 16.5 Å². The van der Waals surface area contributed by atoms with Gasteiger partial charge in [-0.3, -0.25) is 4.79 Å². The quantitative estimate of drug-likeness (QED) is 0.352. The lowest BCUT2D eigenvalue weighted by Crippen LogP contribution is -2.08. The molecule has 3 N–H and O–H groups in total. The van der Waals surface area contributed by atoms with E-state index >= 15 is 0 Å². The van der Waals surface area contributed by atoms with Gasteiger partial charge in [0, 0.05) is 30.7 Å². The van der Waals surface area contributed by atoms with Crippen molar-refractivity contribution in [2.24, 2.45) is 10.2 Å². The minimum absolute atomic E-state index is 0.0281. The van der Waals surface area contributed by atoms with Crippen LogP contribution in [0, 0.1) is 6.92 Å². The molecule has 0 radical (unpaired) electrons. The Morgan fingerprint density at radius 3 is 2.26 bits per heavy atom. The number of aliphatic hydroxyl groups is 1. The summed E-state index contributed by atoms with van der Waals surface area (Å²) in [7, 11) is 1.76. The summed E-state index contributed by atoms with van der Waals surface area (Å²) in [6.07, 6.45) is 6.62. The molecule has 182 valence electrons. The lowest BCUT2D eigenvalue weighted by Gasteiger charge is -2.15. The molecule has 7 nitrogen and oxygen atoms in total. The van der Waals surface area contributed by atoms with Crippen LogP contribution in [0.1, 0.15) is 50.3 Å². The zero-order valence-electron chi connectivity index (χ0n) is 20.2. The highest BCUT2D eigenvalue weighted by atomic mass is 32.1. The Bertz CT molecular complexity index is 984. The molecule has 8 heteroatoms. The number of nitrogens with one attached hydrogen (secondary N) is 2. The zero-order chi connectivity index (χ0) is 24.6. The van der Waals surface area contributed by atoms with Crippen LogP contribution in [0.15, 0.2) is 70.2 Å². The van der Waals surface area contributed by atoms with Gasteiger partial charge in [0.05, 0.1) is 18.3 Å². The van der Waals surface area contributed by atoms with Crippen LogP contribution in [0.25, 0.3) is 0 Å². The number of benzene rings is 2. The Hall–Kier alpha value is -3.10. The molecule has 34 heavy (non-hydrogen) atoms. The fourth-order valence-corrected chi connectivity index (χ4v) is 4.02. The van der Waals surface area contributed by atoms with Crippen molar-refractivity contribution in [2.45, 2.75) is 58.6 Å². The predicted molar refractivity (Wildman–Crippen MR) is 141 cm³/mol. The van der Waals surface area contributed by atoms with E-state index in [2.05, 4.69) is 25.8 Å². The summed E-state index contributed by atoms with van der Waals surface area (Å²) in [6, 6.07) is 17.7. The van der Waals surface area contributed by atoms with Gasteiger partial charge in [-0.2, -0.15) is 10.2 Å². The molecule has 1 amide bonds. The average molecular weight is 482 g/mol. The molecule has 1 fully saturated rings. The lowest BCUT2D eigenvalue weighted by atomic mass is 9.96. The van der Waals surface area contributed by atoms with Gasteiger partial charge in [-0.15, -0.1) is 11.3 Å². The summed E-state index contributed by atoms with van der Waals surface area (Å²) in [6.45, 7) is 3.48. The summed E-state index contributed by atoms with van der Waals surface area (Å²) in [4.78, 5) is 14.9. The fraction of sp³-hybridized carbons (Fsp3) is 0.385. The largest absolute Gasteiger partial charge is 0.392 e. The van der Waals surface area contributed by atoms with Gasteiger partial charge in [0.2, 0.25) is 5.91 Å². The number of rotatable bonds is 5. The maximum Gasteiger partial charge on any atom is 0.221 e. The summed E-state index contributed by atoms with van der Waals surface area (Å²) in [5.74, 6) is -0.0910. The van der Waals surface area contributed by atoms with Gasteiger partial charge in [-0.1, -0.05) is 49.6 Å². The van der Waals surface area contributed by atoms with Gasteiger partial charge in [0.25, 0.3) is 0 Å². The van der Waals surface area contributed by atoms with E-state index in [0.717, 1.165) is 27.8 Å². The third-order valence-corrected chi connectivity index (χ3v) is 5.83. The van der Waals surface area contributed by atoms with Crippen molar-refractivity contribution in [1.29, 1.82) is 0 Å². The van der Waals surface area contributed by atoms with Crippen LogP contribution in [-0.4, -0.2) is 29.1 Å². The van der Waals surface area contributed by atoms with Crippen LogP contribution in [0.5, 0.6) is 0 Å². The van der Waals surface area contributed by atoms with Crippen molar-refractivity contribution in [1.82, 2.24) is 4.98 Å². The molecule has 4 rings (SSSR count). The number of aryl methyl sites for hydroxylation is 1. The molecule has 0 saturated heterocycles. The van der Waals surface area contributed by atoms with Gasteiger partial charge >= 0.3 is 0 Å². The second-order valence-electron chi connectivity index (χ2n) is 7.93. The Labute approximate surface area is 206 Å². The van der Waals surface area contributed by atoms with Crippen LogP contribution < -0.4 is 10.6 Å². The number of anilines is 3. The number of amides is 1. The number of hydrogen-bond donors (Lipinski definition) is 3. The second kappa shape index (κ2) is 15.7. The number of aliphatic hydroxyl groups excluding tert-OH is 1. The van der Waals surface area contributed by atoms with Crippen LogP contribution in [0.2, 0.25) is 0 Å². The Morgan fingerprint density at radius 1 is 1.06 bits per heavy atom. The second-order valence-corrected chi connectivity index (χ2v) is 8.79. The summed E-state index contributed by atoms with van der Waals surface area (Å²) in [5.41, 5.74) is 3.73. The van der Waals surface area contributed by atoms with Gasteiger partial charge in [-0.05, 0) is 49.6 Å². The third-order valence-electron chi connectivity index (χ3n) is 4.95. The molecule has 0 spiro atoms. The first-order valence-corrected chi connectivity index (χ1v) is 12.4. The molecule has 1 saturated carbocycles. The van der Waals surface area contributed by atoms with E-state index in [-0.39, 0.29) is 12.5 Å². The molecule has 2 aromatic carbocycles. The lowest BCUT2D eigenvalue weighted by molar-refractivity contribution is -0.114. The number of carbonyl (C=O) groups excluding carboxylic acids is 1. The average Bonchev–Trinajstić information content (AvgIpc) is 3.26. The van der Waals surface area contributed by atoms with E-state index in [0.29, 0.717) is 6.04 Å². The number of aromatic nitrogens is 1. The minimum Gasteiger partial charge on any atom is -0.392 e. The summed E-state index contributed by atoms with van der Waals surface area (Å²) >= 11 is 1.62. The van der Waals surface area contributed by atoms with Crippen LogP contribution in [-0.2, 0) is 11.4 Å². The number of azo groups is 1. The first-order valence-electron chi connectivity index (χ1n) is 11.5. The number of carbonyl (C=O) groups is 1. The molecular weight excluding hydrogens is 446 g/mol. The van der Waals surface area contributed by atoms with E-state index in [1.54, 1.807) is 42.6 Å². The number of nitrogens with zero attached hydrogens (tertiary/aromatic N) is 3. The highest BCUT2D eigenvalue weighted by Gasteiger charge is 2.10. The molecule has 1 aliphatic carbocycles. The van der Waals surface area contributed by atoms with Gasteiger partial charge < -0.3 is 15.7 Å². The maximum atomic E-state index is 10.6. The predicted octanol–water partition coefficient (Wildman–Crippen LogP) is 6.73. The highest BCUT2D eigenvalue weighted by molar-refractivity contribution is 7.13. The third kappa shape index (κ3) is 11.2. The van der Waals surface area contributed by atoms with Crippen molar-refractivity contribution in [2.75, 3.05) is 17.7 Å². The topological polar surface area (TPSA) is 99.0 Å². The minimum atomic E-state index is -0.0910. The Kier molecular flexibility index (Phi) is 12.5. The molecule has 1 aromatic heterocycles. The molecule has 0 atom stereocenters. The fourth-order valence-electron chi connectivity index (χ4n) is 3.31. The standard InChI is InChI=1S/C10H10N2S.C9H11NO2.C7H14N2/c1-8-7-13-10(11-8)12-9-5-3-2-4-6-9;1-7(12)10-9-4-2-8(6-11)3-5-9;1-8-9-7-5-3-2-4-6-7/h2-7H,1H3,(H,11,12);2-5,11H,6H2,1H3,(H,10,12);7H,2-6H2,1H3. The smallest absolute Gasteiger partial charge is 0.221 e. The molecule has 0 bridgehead atoms. The van der Waals surface area contributed by atoms with Crippen molar-refractivity contribution in [3.63, 3.8) is 0 Å². The maximum absolute atomic E-state index is 10.6. The van der Waals surface area contributed by atoms with E-state index in [9.17, 15) is 4.79 Å². The van der Waals surface area contributed by atoms with E-state index in [1.165, 1.54) is 39.0 Å². The van der Waals surface area contributed by atoms with E-state index < -0.39 is 0 Å². The van der Waals surface area contributed by atoms with Gasteiger partial charge in [0.1, 0.15) is 0 Å². The molecule has 1 aliphatic rings. The SMILES string of the molecule is CC(=O)Nc1ccc(CO)cc1.CN=NC1CCCCC1.Cc1csc(Nc2ccccc2)n1. The Balaban J connectivity index is 0.000000183. The van der Waals surface area contributed by atoms with Crippen LogP contribution in [0.3, 0.4) is 0 Å². The normalized spacial score (nSPS) is 13.3. The van der Waals surface area contributed by atoms with Crippen molar-refractivity contribution >= 4 is 33.8 Å². The molecular formula is C26H35N5O2S. The summed E-state index contributed by atoms with van der Waals surface area (Å²) in [5, 5.41) is 25.5. The van der Waals surface area contributed by atoms with E-state index in [1.807, 2.05) is 42.6 Å². The Morgan fingerprint density at radius 2 is 1.74 bits per heavy atom. The number of para-hydroxylation sites is 1. The highest BCUT2D eigenvalue weighted by Crippen LogP contribution is 2.20. The van der Waals surface area contributed by atoms with E-state index in [4.69, 9.17) is 5.11 Å². The first-order chi connectivity index (χ1) is 16.5. The number of hydrogen-bond acceptors (Lipinski definition) is 7.